The second-order valence-corrected chi connectivity index (χ2v) is 9.30. The minimum atomic E-state index is -0.669. The molecule has 3 amide bonds. The molecule has 194 valence electrons. The Labute approximate surface area is 211 Å². The number of hydrogen-bond acceptors (Lipinski definition) is 6. The first kappa shape index (κ1) is 27.0. The number of ether oxygens (including phenoxy) is 2. The molecular formula is C27H35N3O6. The van der Waals surface area contributed by atoms with E-state index in [1.165, 1.54) is 5.48 Å². The van der Waals surface area contributed by atoms with Crippen molar-refractivity contribution < 1.29 is 29.1 Å². The van der Waals surface area contributed by atoms with E-state index in [4.69, 9.17) is 14.7 Å². The number of nitrogens with one attached hydrogen (secondary N) is 2. The van der Waals surface area contributed by atoms with Gasteiger partial charge in [-0.2, -0.15) is 0 Å². The molecule has 2 aromatic rings. The molecule has 3 rings (SSSR count). The first-order chi connectivity index (χ1) is 17.3. The van der Waals surface area contributed by atoms with E-state index in [2.05, 4.69) is 5.32 Å². The van der Waals surface area contributed by atoms with Gasteiger partial charge in [0.1, 0.15) is 17.5 Å². The fourth-order valence-electron chi connectivity index (χ4n) is 4.46. The molecule has 1 aliphatic heterocycles. The highest BCUT2D eigenvalue weighted by Crippen LogP contribution is 2.31. The molecule has 2 aromatic carbocycles. The number of hydroxylamine groups is 1. The third-order valence-corrected chi connectivity index (χ3v) is 6.47. The summed E-state index contributed by atoms with van der Waals surface area (Å²) in [6.45, 7) is 6.03. The monoisotopic (exact) mass is 497 g/mol. The van der Waals surface area contributed by atoms with Crippen molar-refractivity contribution in [3.63, 3.8) is 0 Å². The molecule has 0 fully saturated rings. The lowest BCUT2D eigenvalue weighted by molar-refractivity contribution is -0.145. The summed E-state index contributed by atoms with van der Waals surface area (Å²) < 4.78 is 10.6. The predicted octanol–water partition coefficient (Wildman–Crippen LogP) is 3.54. The van der Waals surface area contributed by atoms with Gasteiger partial charge in [-0.25, -0.2) is 5.48 Å². The fourth-order valence-corrected chi connectivity index (χ4v) is 4.46. The molecular weight excluding hydrogens is 462 g/mol. The Morgan fingerprint density at radius 2 is 1.78 bits per heavy atom. The number of nitrogens with zero attached hydrogens (tertiary/aromatic N) is 1. The summed E-state index contributed by atoms with van der Waals surface area (Å²) in [6, 6.07) is 11.7. The van der Waals surface area contributed by atoms with Crippen molar-refractivity contribution in [1.82, 2.24) is 10.4 Å². The molecule has 2 atom stereocenters. The fraction of sp³-hybridized carbons (Fsp3) is 0.444. The second-order valence-electron chi connectivity index (χ2n) is 9.30. The van der Waals surface area contributed by atoms with Gasteiger partial charge in [-0.05, 0) is 59.9 Å². The van der Waals surface area contributed by atoms with E-state index in [9.17, 15) is 14.4 Å². The minimum Gasteiger partial charge on any atom is -0.497 e. The number of anilines is 1. The zero-order chi connectivity index (χ0) is 26.2. The number of benzene rings is 2. The van der Waals surface area contributed by atoms with E-state index in [1.54, 1.807) is 48.4 Å². The van der Waals surface area contributed by atoms with Crippen LogP contribution in [-0.4, -0.2) is 47.6 Å². The Morgan fingerprint density at radius 1 is 1.08 bits per heavy atom. The van der Waals surface area contributed by atoms with Gasteiger partial charge in [-0.15, -0.1) is 0 Å². The van der Waals surface area contributed by atoms with Gasteiger partial charge in [0.25, 0.3) is 5.91 Å². The molecule has 1 unspecified atom stereocenters. The van der Waals surface area contributed by atoms with E-state index >= 15 is 0 Å². The van der Waals surface area contributed by atoms with Gasteiger partial charge < -0.3 is 19.7 Å². The lowest BCUT2D eigenvalue weighted by Gasteiger charge is -2.39. The van der Waals surface area contributed by atoms with Crippen LogP contribution in [0.1, 0.15) is 44.7 Å². The summed E-state index contributed by atoms with van der Waals surface area (Å²) in [4.78, 5) is 40.2. The van der Waals surface area contributed by atoms with Gasteiger partial charge in [-0.3, -0.25) is 19.6 Å². The number of hydrogen-bond donors (Lipinski definition) is 3. The third kappa shape index (κ3) is 6.54. The maximum atomic E-state index is 13.7. The number of carbonyl (C=O) groups is 3. The van der Waals surface area contributed by atoms with Gasteiger partial charge in [0, 0.05) is 24.6 Å². The Kier molecular flexibility index (Phi) is 9.30. The Bertz CT molecular complexity index is 1070. The Morgan fingerprint density at radius 3 is 2.39 bits per heavy atom. The summed E-state index contributed by atoms with van der Waals surface area (Å²) in [6.07, 6.45) is 1.97. The van der Waals surface area contributed by atoms with E-state index in [0.717, 1.165) is 24.0 Å². The van der Waals surface area contributed by atoms with Gasteiger partial charge in [0.05, 0.1) is 7.11 Å². The largest absolute Gasteiger partial charge is 0.497 e. The molecule has 3 N–H and O–H groups in total. The standard InChI is InChI=1S/C27H35N3O6/c1-5-6-23(17(2)3)27(33)30-15-19-13-22(36-16-25(31)29-34)10-7-18(19)14-24(30)26(32)28-20-8-11-21(35-4)12-9-20/h7-13,17,23-24,34H,5-6,14-16H2,1-4H3,(H,28,32)(H,29,31)/t23?,24-/m0/s1. The van der Waals surface area contributed by atoms with E-state index < -0.39 is 11.9 Å². The average molecular weight is 498 g/mol. The van der Waals surface area contributed by atoms with Crippen molar-refractivity contribution in [2.45, 2.75) is 52.6 Å². The maximum Gasteiger partial charge on any atom is 0.281 e. The quantitative estimate of drug-likeness (QED) is 0.341. The molecule has 1 heterocycles. The topological polar surface area (TPSA) is 117 Å². The van der Waals surface area contributed by atoms with E-state index in [-0.39, 0.29) is 36.8 Å². The number of methoxy groups -OCH3 is 1. The van der Waals surface area contributed by atoms with Crippen LogP contribution in [0.3, 0.4) is 0 Å². The zero-order valence-corrected chi connectivity index (χ0v) is 21.2. The lowest BCUT2D eigenvalue weighted by Crippen LogP contribution is -2.53. The van der Waals surface area contributed by atoms with Crippen molar-refractivity contribution in [2.75, 3.05) is 19.0 Å². The van der Waals surface area contributed by atoms with Crippen LogP contribution in [0.4, 0.5) is 5.69 Å². The van der Waals surface area contributed by atoms with Crippen LogP contribution in [0.5, 0.6) is 11.5 Å². The summed E-state index contributed by atoms with van der Waals surface area (Å²) in [5.74, 6) is 0.108. The molecule has 0 saturated heterocycles. The number of amides is 3. The highest BCUT2D eigenvalue weighted by Gasteiger charge is 2.38. The van der Waals surface area contributed by atoms with E-state index in [1.807, 2.05) is 26.8 Å². The van der Waals surface area contributed by atoms with Crippen molar-refractivity contribution in [1.29, 1.82) is 0 Å². The second kappa shape index (κ2) is 12.4. The molecule has 1 aliphatic rings. The molecule has 9 heteroatoms. The van der Waals surface area contributed by atoms with Gasteiger partial charge in [0.15, 0.2) is 6.61 Å². The molecule has 0 saturated carbocycles. The van der Waals surface area contributed by atoms with Crippen LogP contribution in [0.15, 0.2) is 42.5 Å². The molecule has 36 heavy (non-hydrogen) atoms. The van der Waals surface area contributed by atoms with Crippen LogP contribution in [0.2, 0.25) is 0 Å². The van der Waals surface area contributed by atoms with Crippen molar-refractivity contribution in [3.8, 4) is 11.5 Å². The van der Waals surface area contributed by atoms with Crippen molar-refractivity contribution >= 4 is 23.4 Å². The van der Waals surface area contributed by atoms with Gasteiger partial charge in [-0.1, -0.05) is 33.3 Å². The molecule has 0 aromatic heterocycles. The molecule has 0 radical (unpaired) electrons. The third-order valence-electron chi connectivity index (χ3n) is 6.47. The minimum absolute atomic E-state index is 0.0432. The zero-order valence-electron chi connectivity index (χ0n) is 21.2. The van der Waals surface area contributed by atoms with E-state index in [0.29, 0.717) is 23.6 Å². The highest BCUT2D eigenvalue weighted by atomic mass is 16.5. The van der Waals surface area contributed by atoms with Crippen LogP contribution in [0.25, 0.3) is 0 Å². The first-order valence-corrected chi connectivity index (χ1v) is 12.2. The summed E-state index contributed by atoms with van der Waals surface area (Å²) >= 11 is 0. The normalized spacial score (nSPS) is 15.6. The molecule has 0 aliphatic carbocycles. The summed E-state index contributed by atoms with van der Waals surface area (Å²) in [5, 5.41) is 11.6. The molecule has 0 bridgehead atoms. The SMILES string of the molecule is CCCC(C(=O)N1Cc2cc(OCC(=O)NO)ccc2C[C@H]1C(=O)Nc1ccc(OC)cc1)C(C)C. The smallest absolute Gasteiger partial charge is 0.281 e. The molecule has 9 nitrogen and oxygen atoms in total. The highest BCUT2D eigenvalue weighted by molar-refractivity contribution is 5.98. The van der Waals surface area contributed by atoms with Crippen LogP contribution in [0, 0.1) is 11.8 Å². The van der Waals surface area contributed by atoms with Crippen LogP contribution >= 0.6 is 0 Å². The predicted molar refractivity (Wildman–Crippen MR) is 135 cm³/mol. The lowest BCUT2D eigenvalue weighted by atomic mass is 9.86. The number of rotatable bonds is 10. The average Bonchev–Trinajstić information content (AvgIpc) is 2.89. The number of carbonyl (C=O) groups excluding carboxylic acids is 3. The van der Waals surface area contributed by atoms with Crippen LogP contribution in [-0.2, 0) is 27.3 Å². The van der Waals surface area contributed by atoms with Gasteiger partial charge >= 0.3 is 0 Å². The first-order valence-electron chi connectivity index (χ1n) is 12.2. The Hall–Kier alpha value is -3.59. The maximum absolute atomic E-state index is 13.7. The van der Waals surface area contributed by atoms with Crippen molar-refractivity contribution in [3.05, 3.63) is 53.6 Å². The summed E-state index contributed by atoms with van der Waals surface area (Å²) in [7, 11) is 1.58. The van der Waals surface area contributed by atoms with Crippen molar-refractivity contribution in [2.24, 2.45) is 11.8 Å². The van der Waals surface area contributed by atoms with Gasteiger partial charge in [0.2, 0.25) is 11.8 Å². The number of fused-ring (bicyclic) bond motifs is 1. The van der Waals surface area contributed by atoms with Crippen LogP contribution < -0.4 is 20.3 Å². The summed E-state index contributed by atoms with van der Waals surface area (Å²) in [5.41, 5.74) is 3.95. The molecule has 0 spiro atoms. The Balaban J connectivity index is 1.89.